The highest BCUT2D eigenvalue weighted by atomic mass is 127. The van der Waals surface area contributed by atoms with E-state index in [9.17, 15) is 4.79 Å². The summed E-state index contributed by atoms with van der Waals surface area (Å²) in [6, 6.07) is 7.96. The molecule has 2 N–H and O–H groups in total. The second-order valence-electron chi connectivity index (χ2n) is 5.56. The Labute approximate surface area is 156 Å². The third-order valence-electron chi connectivity index (χ3n) is 3.68. The topological polar surface area (TPSA) is 56.7 Å². The number of rotatable bonds is 5. The van der Waals surface area contributed by atoms with Crippen LogP contribution < -0.4 is 10.6 Å². The number of guanidine groups is 1. The number of nitrogens with zero attached hydrogens (tertiary/aromatic N) is 2. The van der Waals surface area contributed by atoms with Gasteiger partial charge in [-0.15, -0.1) is 24.0 Å². The highest BCUT2D eigenvalue weighted by Crippen LogP contribution is 2.11. The van der Waals surface area contributed by atoms with Crippen LogP contribution in [0.2, 0.25) is 0 Å². The lowest BCUT2D eigenvalue weighted by molar-refractivity contribution is -0.114. The molecule has 1 saturated heterocycles. The number of hydrogen-bond donors (Lipinski definition) is 2. The van der Waals surface area contributed by atoms with Gasteiger partial charge in [-0.3, -0.25) is 9.79 Å². The van der Waals surface area contributed by atoms with Crippen LogP contribution >= 0.6 is 24.0 Å². The average molecular weight is 430 g/mol. The number of halogens is 1. The number of likely N-dealkylation sites (tertiary alicyclic amines) is 1. The molecule has 1 aliphatic rings. The van der Waals surface area contributed by atoms with E-state index in [-0.39, 0.29) is 29.9 Å². The number of hydrogen-bond acceptors (Lipinski definition) is 2. The largest absolute Gasteiger partial charge is 0.357 e. The summed E-state index contributed by atoms with van der Waals surface area (Å²) in [7, 11) is 0. The van der Waals surface area contributed by atoms with Crippen molar-refractivity contribution in [1.82, 2.24) is 10.2 Å². The lowest BCUT2D eigenvalue weighted by atomic mass is 10.1. The van der Waals surface area contributed by atoms with E-state index in [1.54, 1.807) is 0 Å². The van der Waals surface area contributed by atoms with Crippen molar-refractivity contribution < 1.29 is 4.79 Å². The van der Waals surface area contributed by atoms with Gasteiger partial charge in [0.15, 0.2) is 5.96 Å². The molecule has 0 bridgehead atoms. The number of carbonyl (C=O) groups excluding carboxylic acids is 1. The Morgan fingerprint density at radius 2 is 1.87 bits per heavy atom. The Bertz CT molecular complexity index is 510. The van der Waals surface area contributed by atoms with Gasteiger partial charge in [0.25, 0.3) is 0 Å². The van der Waals surface area contributed by atoms with Gasteiger partial charge in [0.1, 0.15) is 0 Å². The monoisotopic (exact) mass is 430 g/mol. The number of anilines is 1. The number of aliphatic imine (C=N–C) groups is 1. The van der Waals surface area contributed by atoms with Crippen LogP contribution in [0.25, 0.3) is 0 Å². The van der Waals surface area contributed by atoms with Crippen LogP contribution in [0.15, 0.2) is 29.3 Å². The van der Waals surface area contributed by atoms with Crippen molar-refractivity contribution in [2.75, 3.05) is 31.5 Å². The second kappa shape index (κ2) is 10.5. The minimum absolute atomic E-state index is 0. The Kier molecular flexibility index (Phi) is 8.98. The van der Waals surface area contributed by atoms with E-state index in [2.05, 4.69) is 22.5 Å². The molecule has 0 atom stereocenters. The van der Waals surface area contributed by atoms with Gasteiger partial charge in [-0.05, 0) is 43.9 Å². The van der Waals surface area contributed by atoms with Crippen molar-refractivity contribution in [1.29, 1.82) is 0 Å². The Hall–Kier alpha value is -1.31. The first kappa shape index (κ1) is 19.7. The molecule has 6 heteroatoms. The Morgan fingerprint density at radius 1 is 1.22 bits per heavy atom. The maximum Gasteiger partial charge on any atom is 0.221 e. The van der Waals surface area contributed by atoms with Gasteiger partial charge in [0.2, 0.25) is 5.91 Å². The summed E-state index contributed by atoms with van der Waals surface area (Å²) in [6.07, 6.45) is 3.42. The molecular weight excluding hydrogens is 403 g/mol. The van der Waals surface area contributed by atoms with Crippen molar-refractivity contribution in [2.24, 2.45) is 4.99 Å². The molecule has 1 fully saturated rings. The minimum atomic E-state index is -0.0433. The number of benzene rings is 1. The molecule has 0 saturated carbocycles. The zero-order valence-electron chi connectivity index (χ0n) is 14.0. The summed E-state index contributed by atoms with van der Waals surface area (Å²) in [5.41, 5.74) is 2.07. The lowest BCUT2D eigenvalue weighted by Gasteiger charge is -2.20. The van der Waals surface area contributed by atoms with Gasteiger partial charge in [-0.2, -0.15) is 0 Å². The molecular formula is C17H27IN4O. The average Bonchev–Trinajstić information content (AvgIpc) is 3.02. The van der Waals surface area contributed by atoms with Gasteiger partial charge in [0, 0.05) is 38.8 Å². The Morgan fingerprint density at radius 3 is 2.43 bits per heavy atom. The van der Waals surface area contributed by atoms with Crippen molar-refractivity contribution in [3.63, 3.8) is 0 Å². The van der Waals surface area contributed by atoms with Gasteiger partial charge >= 0.3 is 0 Å². The number of nitrogens with one attached hydrogen (secondary N) is 2. The molecule has 0 aromatic heterocycles. The lowest BCUT2D eigenvalue weighted by Crippen LogP contribution is -2.39. The zero-order valence-corrected chi connectivity index (χ0v) is 16.3. The molecule has 1 aromatic carbocycles. The van der Waals surface area contributed by atoms with Crippen LogP contribution in [0.5, 0.6) is 0 Å². The summed E-state index contributed by atoms with van der Waals surface area (Å²) in [4.78, 5) is 18.1. The molecule has 0 aliphatic carbocycles. The first-order valence-electron chi connectivity index (χ1n) is 8.09. The van der Waals surface area contributed by atoms with Crippen LogP contribution in [0.1, 0.15) is 32.3 Å². The fraction of sp³-hybridized carbons (Fsp3) is 0.529. The van der Waals surface area contributed by atoms with E-state index >= 15 is 0 Å². The SMILES string of the molecule is CCNC(=NCCc1ccc(NC(C)=O)cc1)N1CCCC1.I. The van der Waals surface area contributed by atoms with E-state index in [4.69, 9.17) is 4.99 Å². The molecule has 128 valence electrons. The van der Waals surface area contributed by atoms with E-state index in [1.165, 1.54) is 25.3 Å². The number of amides is 1. The summed E-state index contributed by atoms with van der Waals surface area (Å²) in [5.74, 6) is 0.994. The summed E-state index contributed by atoms with van der Waals surface area (Å²) in [5, 5.41) is 6.15. The summed E-state index contributed by atoms with van der Waals surface area (Å²) >= 11 is 0. The standard InChI is InChI=1S/C17H26N4O.HI/c1-3-18-17(21-12-4-5-13-21)19-11-10-15-6-8-16(9-7-15)20-14(2)22;/h6-9H,3-5,10-13H2,1-2H3,(H,18,19)(H,20,22);1H. The van der Waals surface area contributed by atoms with Gasteiger partial charge < -0.3 is 15.5 Å². The van der Waals surface area contributed by atoms with Crippen molar-refractivity contribution in [3.8, 4) is 0 Å². The smallest absolute Gasteiger partial charge is 0.221 e. The first-order chi connectivity index (χ1) is 10.7. The van der Waals surface area contributed by atoms with Crippen LogP contribution in [-0.4, -0.2) is 42.9 Å². The molecule has 1 amide bonds. The van der Waals surface area contributed by atoms with Gasteiger partial charge in [-0.1, -0.05) is 12.1 Å². The quantitative estimate of drug-likeness (QED) is 0.429. The summed E-state index contributed by atoms with van der Waals surface area (Å²) < 4.78 is 0. The van der Waals surface area contributed by atoms with Gasteiger partial charge in [0.05, 0.1) is 0 Å². The molecule has 5 nitrogen and oxygen atoms in total. The van der Waals surface area contributed by atoms with E-state index in [0.717, 1.165) is 44.2 Å². The minimum Gasteiger partial charge on any atom is -0.357 e. The molecule has 0 radical (unpaired) electrons. The van der Waals surface area contributed by atoms with Crippen molar-refractivity contribution in [2.45, 2.75) is 33.1 Å². The van der Waals surface area contributed by atoms with E-state index in [0.29, 0.717) is 0 Å². The zero-order chi connectivity index (χ0) is 15.8. The van der Waals surface area contributed by atoms with Crippen LogP contribution in [0, 0.1) is 0 Å². The maximum absolute atomic E-state index is 11.0. The van der Waals surface area contributed by atoms with Crippen molar-refractivity contribution in [3.05, 3.63) is 29.8 Å². The third kappa shape index (κ3) is 6.76. The van der Waals surface area contributed by atoms with Crippen LogP contribution in [0.3, 0.4) is 0 Å². The van der Waals surface area contributed by atoms with Crippen molar-refractivity contribution >= 4 is 41.5 Å². The first-order valence-corrected chi connectivity index (χ1v) is 8.09. The highest BCUT2D eigenvalue weighted by Gasteiger charge is 2.15. The fourth-order valence-corrected chi connectivity index (χ4v) is 2.60. The summed E-state index contributed by atoms with van der Waals surface area (Å²) in [6.45, 7) is 7.52. The fourth-order valence-electron chi connectivity index (χ4n) is 2.60. The Balaban J connectivity index is 0.00000264. The molecule has 1 aliphatic heterocycles. The second-order valence-corrected chi connectivity index (χ2v) is 5.56. The maximum atomic E-state index is 11.0. The third-order valence-corrected chi connectivity index (χ3v) is 3.68. The van der Waals surface area contributed by atoms with Crippen LogP contribution in [-0.2, 0) is 11.2 Å². The predicted octanol–water partition coefficient (Wildman–Crippen LogP) is 2.87. The highest BCUT2D eigenvalue weighted by molar-refractivity contribution is 14.0. The van der Waals surface area contributed by atoms with E-state index < -0.39 is 0 Å². The van der Waals surface area contributed by atoms with Crippen LogP contribution in [0.4, 0.5) is 5.69 Å². The van der Waals surface area contributed by atoms with E-state index in [1.807, 2.05) is 24.3 Å². The molecule has 23 heavy (non-hydrogen) atoms. The molecule has 0 unspecified atom stereocenters. The predicted molar refractivity (Wildman–Crippen MR) is 107 cm³/mol. The molecule has 1 aromatic rings. The van der Waals surface area contributed by atoms with Gasteiger partial charge in [-0.25, -0.2) is 0 Å². The normalized spacial score (nSPS) is 14.3. The molecule has 2 rings (SSSR count). The molecule has 0 spiro atoms. The number of carbonyl (C=O) groups is 1. The molecule has 1 heterocycles.